The molecule has 1 heterocycles. The summed E-state index contributed by atoms with van der Waals surface area (Å²) in [6.07, 6.45) is -0.814. The van der Waals surface area contributed by atoms with Crippen LogP contribution in [0.5, 0.6) is 0 Å². The first-order chi connectivity index (χ1) is 5.11. The maximum Gasteiger partial charge on any atom is 0.407 e. The highest BCUT2D eigenvalue weighted by atomic mass is 16.4. The molecular formula is C7H14N2O2. The second kappa shape index (κ2) is 3.09. The van der Waals surface area contributed by atoms with E-state index in [9.17, 15) is 4.79 Å². The zero-order valence-electron chi connectivity index (χ0n) is 6.87. The summed E-state index contributed by atoms with van der Waals surface area (Å²) in [7, 11) is 0. The Kier molecular flexibility index (Phi) is 2.34. The maximum atomic E-state index is 10.6. The van der Waals surface area contributed by atoms with Gasteiger partial charge in [0.1, 0.15) is 0 Å². The predicted octanol–water partition coefficient (Wildman–Crippen LogP) is 0.347. The van der Waals surface area contributed by atoms with Crippen molar-refractivity contribution in [2.75, 3.05) is 13.1 Å². The summed E-state index contributed by atoms with van der Waals surface area (Å²) in [5.41, 5.74) is 0. The number of nitrogens with one attached hydrogen (secondary N) is 1. The minimum Gasteiger partial charge on any atom is -0.465 e. The van der Waals surface area contributed by atoms with Gasteiger partial charge in [0.2, 0.25) is 0 Å². The highest BCUT2D eigenvalue weighted by molar-refractivity contribution is 5.65. The molecule has 1 rings (SSSR count). The van der Waals surface area contributed by atoms with Crippen molar-refractivity contribution in [3.8, 4) is 0 Å². The molecular weight excluding hydrogens is 144 g/mol. The summed E-state index contributed by atoms with van der Waals surface area (Å²) in [5.74, 6) is 0. The minimum absolute atomic E-state index is 0.101. The van der Waals surface area contributed by atoms with Crippen molar-refractivity contribution in [3.63, 3.8) is 0 Å². The van der Waals surface area contributed by atoms with E-state index in [0.29, 0.717) is 6.54 Å². The molecule has 0 aromatic rings. The first-order valence-corrected chi connectivity index (χ1v) is 3.84. The molecule has 0 spiro atoms. The van der Waals surface area contributed by atoms with Gasteiger partial charge in [0.15, 0.2) is 0 Å². The van der Waals surface area contributed by atoms with Gasteiger partial charge in [-0.25, -0.2) is 4.79 Å². The first-order valence-electron chi connectivity index (χ1n) is 3.84. The smallest absolute Gasteiger partial charge is 0.407 e. The molecule has 0 saturated carbocycles. The van der Waals surface area contributed by atoms with E-state index in [1.165, 1.54) is 4.90 Å². The van der Waals surface area contributed by atoms with Crippen molar-refractivity contribution >= 4 is 6.09 Å². The second-order valence-corrected chi connectivity index (χ2v) is 3.09. The third-order valence-corrected chi connectivity index (χ3v) is 2.01. The summed E-state index contributed by atoms with van der Waals surface area (Å²) in [4.78, 5) is 12.1. The molecule has 0 aliphatic carbocycles. The maximum absolute atomic E-state index is 10.6. The molecule has 11 heavy (non-hydrogen) atoms. The van der Waals surface area contributed by atoms with Crippen molar-refractivity contribution < 1.29 is 9.90 Å². The summed E-state index contributed by atoms with van der Waals surface area (Å²) >= 11 is 0. The van der Waals surface area contributed by atoms with Gasteiger partial charge in [-0.05, 0) is 13.8 Å². The Hall–Kier alpha value is -0.770. The van der Waals surface area contributed by atoms with Gasteiger partial charge in [-0.3, -0.25) is 0 Å². The molecule has 1 aliphatic heterocycles. The van der Waals surface area contributed by atoms with Crippen LogP contribution in [0, 0.1) is 0 Å². The highest BCUT2D eigenvalue weighted by Gasteiger charge is 2.25. The van der Waals surface area contributed by atoms with Gasteiger partial charge >= 0.3 is 6.09 Å². The predicted molar refractivity (Wildman–Crippen MR) is 41.7 cm³/mol. The van der Waals surface area contributed by atoms with Gasteiger partial charge in [-0.2, -0.15) is 0 Å². The fourth-order valence-corrected chi connectivity index (χ4v) is 1.29. The molecule has 64 valence electrons. The van der Waals surface area contributed by atoms with Crippen LogP contribution in [0.1, 0.15) is 13.8 Å². The van der Waals surface area contributed by atoms with Crippen LogP contribution >= 0.6 is 0 Å². The van der Waals surface area contributed by atoms with Gasteiger partial charge in [0.05, 0.1) is 0 Å². The number of carboxylic acid groups (broad SMARTS) is 1. The largest absolute Gasteiger partial charge is 0.465 e. The Morgan fingerprint density at radius 2 is 2.27 bits per heavy atom. The van der Waals surface area contributed by atoms with Crippen LogP contribution in [-0.4, -0.2) is 41.3 Å². The van der Waals surface area contributed by atoms with E-state index >= 15 is 0 Å². The van der Waals surface area contributed by atoms with E-state index in [4.69, 9.17) is 5.11 Å². The first kappa shape index (κ1) is 8.33. The number of hydrogen-bond acceptors (Lipinski definition) is 2. The number of nitrogens with zero attached hydrogens (tertiary/aromatic N) is 1. The normalized spacial score (nSPS) is 32.0. The molecule has 4 heteroatoms. The Labute approximate surface area is 66.2 Å². The monoisotopic (exact) mass is 158 g/mol. The van der Waals surface area contributed by atoms with E-state index in [1.807, 2.05) is 13.8 Å². The van der Waals surface area contributed by atoms with Crippen LogP contribution in [0.4, 0.5) is 4.79 Å². The number of piperazine rings is 1. The highest BCUT2D eigenvalue weighted by Crippen LogP contribution is 2.05. The van der Waals surface area contributed by atoms with Crippen LogP contribution in [0.3, 0.4) is 0 Å². The number of rotatable bonds is 0. The van der Waals surface area contributed by atoms with Gasteiger partial charge < -0.3 is 15.3 Å². The zero-order chi connectivity index (χ0) is 8.43. The fourth-order valence-electron chi connectivity index (χ4n) is 1.29. The molecule has 0 radical (unpaired) electrons. The lowest BCUT2D eigenvalue weighted by molar-refractivity contribution is 0.107. The summed E-state index contributed by atoms with van der Waals surface area (Å²) < 4.78 is 0. The summed E-state index contributed by atoms with van der Waals surface area (Å²) in [6.45, 7) is 5.25. The average Bonchev–Trinajstić information content (AvgIpc) is 1.94. The molecule has 4 nitrogen and oxygen atoms in total. The molecule has 1 saturated heterocycles. The molecule has 2 N–H and O–H groups in total. The average molecular weight is 158 g/mol. The summed E-state index contributed by atoms with van der Waals surface area (Å²) in [5, 5.41) is 11.9. The molecule has 2 atom stereocenters. The van der Waals surface area contributed by atoms with E-state index in [2.05, 4.69) is 5.32 Å². The molecule has 1 fully saturated rings. The van der Waals surface area contributed by atoms with E-state index < -0.39 is 6.09 Å². The second-order valence-electron chi connectivity index (χ2n) is 3.09. The van der Waals surface area contributed by atoms with Crippen LogP contribution in [0.2, 0.25) is 0 Å². The van der Waals surface area contributed by atoms with Crippen LogP contribution < -0.4 is 5.32 Å². The van der Waals surface area contributed by atoms with Crippen molar-refractivity contribution in [1.82, 2.24) is 10.2 Å². The van der Waals surface area contributed by atoms with E-state index in [1.54, 1.807) is 0 Å². The lowest BCUT2D eigenvalue weighted by Gasteiger charge is -2.35. The van der Waals surface area contributed by atoms with Crippen molar-refractivity contribution in [2.45, 2.75) is 25.9 Å². The topological polar surface area (TPSA) is 52.6 Å². The molecule has 0 aromatic carbocycles. The van der Waals surface area contributed by atoms with Crippen LogP contribution in [0.15, 0.2) is 0 Å². The van der Waals surface area contributed by atoms with Crippen LogP contribution in [-0.2, 0) is 0 Å². The molecule has 1 aliphatic rings. The molecule has 0 bridgehead atoms. The molecule has 1 amide bonds. The van der Waals surface area contributed by atoms with E-state index in [-0.39, 0.29) is 12.1 Å². The van der Waals surface area contributed by atoms with Gasteiger partial charge in [-0.1, -0.05) is 0 Å². The minimum atomic E-state index is -0.814. The van der Waals surface area contributed by atoms with Crippen molar-refractivity contribution in [3.05, 3.63) is 0 Å². The van der Waals surface area contributed by atoms with E-state index in [0.717, 1.165) is 6.54 Å². The standard InChI is InChI=1S/C7H14N2O2/c1-5-4-9(7(10)11)6(2)3-8-5/h5-6,8H,3-4H2,1-2H3,(H,10,11)/t5-,6+/m1/s1. The lowest BCUT2D eigenvalue weighted by Crippen LogP contribution is -2.55. The number of amides is 1. The van der Waals surface area contributed by atoms with Gasteiger partial charge in [0, 0.05) is 25.2 Å². The van der Waals surface area contributed by atoms with Gasteiger partial charge in [-0.15, -0.1) is 0 Å². The third-order valence-electron chi connectivity index (χ3n) is 2.01. The Balaban J connectivity index is 2.54. The van der Waals surface area contributed by atoms with Gasteiger partial charge in [0.25, 0.3) is 0 Å². The van der Waals surface area contributed by atoms with Crippen LogP contribution in [0.25, 0.3) is 0 Å². The quantitative estimate of drug-likeness (QED) is 0.534. The third kappa shape index (κ3) is 1.83. The van der Waals surface area contributed by atoms with Crippen molar-refractivity contribution in [1.29, 1.82) is 0 Å². The summed E-state index contributed by atoms with van der Waals surface area (Å²) in [6, 6.07) is 0.381. The Morgan fingerprint density at radius 1 is 1.64 bits per heavy atom. The fraction of sp³-hybridized carbons (Fsp3) is 0.857. The number of carbonyl (C=O) groups is 1. The SMILES string of the molecule is C[C@@H]1CN(C(=O)O)[C@@H](C)CN1. The number of hydrogen-bond donors (Lipinski definition) is 2. The lowest BCUT2D eigenvalue weighted by atomic mass is 10.1. The molecule has 0 aromatic heterocycles. The van der Waals surface area contributed by atoms with Crippen molar-refractivity contribution in [2.24, 2.45) is 0 Å². The molecule has 0 unspecified atom stereocenters. The Morgan fingerprint density at radius 3 is 2.73 bits per heavy atom. The Bertz CT molecular complexity index is 161. The zero-order valence-corrected chi connectivity index (χ0v) is 6.87.